The number of hydrogen-bond donors (Lipinski definition) is 2. The molecule has 18 heavy (non-hydrogen) atoms. The summed E-state index contributed by atoms with van der Waals surface area (Å²) >= 11 is 0. The first-order chi connectivity index (χ1) is 8.74. The summed E-state index contributed by atoms with van der Waals surface area (Å²) < 4.78 is 5.48. The molecule has 0 bridgehead atoms. The van der Waals surface area contributed by atoms with Crippen LogP contribution in [0.25, 0.3) is 0 Å². The second-order valence-corrected chi connectivity index (χ2v) is 4.77. The number of anilines is 1. The van der Waals surface area contributed by atoms with Crippen LogP contribution in [0.5, 0.6) is 0 Å². The molecule has 1 aromatic carbocycles. The predicted molar refractivity (Wildman–Crippen MR) is 73.0 cm³/mol. The summed E-state index contributed by atoms with van der Waals surface area (Å²) in [6.45, 7) is 5.46. The summed E-state index contributed by atoms with van der Waals surface area (Å²) in [4.78, 5) is 2.29. The Balaban J connectivity index is 2.12. The molecule has 1 aliphatic heterocycles. The van der Waals surface area contributed by atoms with E-state index in [1.807, 2.05) is 7.05 Å². The van der Waals surface area contributed by atoms with Crippen LogP contribution in [0.1, 0.15) is 11.1 Å². The summed E-state index contributed by atoms with van der Waals surface area (Å²) in [6.07, 6.45) is -0.0601. The minimum absolute atomic E-state index is 0.0601. The van der Waals surface area contributed by atoms with Crippen LogP contribution in [0.3, 0.4) is 0 Å². The van der Waals surface area contributed by atoms with E-state index in [0.717, 1.165) is 19.6 Å². The van der Waals surface area contributed by atoms with Crippen molar-refractivity contribution in [1.82, 2.24) is 5.32 Å². The zero-order valence-electron chi connectivity index (χ0n) is 11.1. The molecule has 4 heteroatoms. The monoisotopic (exact) mass is 250 g/mol. The van der Waals surface area contributed by atoms with Crippen molar-refractivity contribution in [1.29, 1.82) is 0 Å². The fourth-order valence-electron chi connectivity index (χ4n) is 2.44. The van der Waals surface area contributed by atoms with E-state index in [9.17, 15) is 5.11 Å². The molecule has 1 saturated heterocycles. The van der Waals surface area contributed by atoms with Crippen LogP contribution in [-0.4, -0.2) is 44.6 Å². The van der Waals surface area contributed by atoms with Gasteiger partial charge in [0, 0.05) is 25.3 Å². The van der Waals surface area contributed by atoms with Gasteiger partial charge in [-0.25, -0.2) is 0 Å². The van der Waals surface area contributed by atoms with Gasteiger partial charge < -0.3 is 20.1 Å². The van der Waals surface area contributed by atoms with E-state index in [1.54, 1.807) is 0 Å². The van der Waals surface area contributed by atoms with Crippen molar-refractivity contribution >= 4 is 5.69 Å². The molecular weight excluding hydrogens is 228 g/mol. The number of morpholine rings is 1. The summed E-state index contributed by atoms with van der Waals surface area (Å²) in [5.41, 5.74) is 3.82. The largest absolute Gasteiger partial charge is 0.394 e. The first-order valence-electron chi connectivity index (χ1n) is 6.46. The average molecular weight is 250 g/mol. The first kappa shape index (κ1) is 13.3. The highest BCUT2D eigenvalue weighted by Gasteiger charge is 2.20. The van der Waals surface area contributed by atoms with Gasteiger partial charge in [0.05, 0.1) is 19.3 Å². The normalized spacial score (nSPS) is 20.2. The molecule has 1 heterocycles. The number of aryl methyl sites for hydroxylation is 1. The van der Waals surface area contributed by atoms with Crippen LogP contribution in [0.4, 0.5) is 5.69 Å². The van der Waals surface area contributed by atoms with Gasteiger partial charge in [-0.15, -0.1) is 0 Å². The van der Waals surface area contributed by atoms with Crippen molar-refractivity contribution in [3.8, 4) is 0 Å². The molecule has 2 N–H and O–H groups in total. The predicted octanol–water partition coefficient (Wildman–Crippen LogP) is 0.912. The smallest absolute Gasteiger partial charge is 0.0980 e. The van der Waals surface area contributed by atoms with Gasteiger partial charge in [-0.2, -0.15) is 0 Å². The Hall–Kier alpha value is -1.10. The number of nitrogens with one attached hydrogen (secondary N) is 1. The number of aliphatic hydroxyl groups excluding tert-OH is 1. The van der Waals surface area contributed by atoms with E-state index >= 15 is 0 Å². The van der Waals surface area contributed by atoms with Crippen molar-refractivity contribution in [2.24, 2.45) is 0 Å². The Morgan fingerprint density at radius 1 is 1.50 bits per heavy atom. The quantitative estimate of drug-likeness (QED) is 0.834. The maximum absolute atomic E-state index is 9.18. The second kappa shape index (κ2) is 6.18. The molecule has 0 saturated carbocycles. The summed E-state index contributed by atoms with van der Waals surface area (Å²) in [5.74, 6) is 0. The minimum atomic E-state index is -0.0601. The lowest BCUT2D eigenvalue weighted by atomic mass is 10.1. The van der Waals surface area contributed by atoms with Crippen molar-refractivity contribution in [2.75, 3.05) is 38.3 Å². The van der Waals surface area contributed by atoms with E-state index in [4.69, 9.17) is 4.74 Å². The number of nitrogens with zero attached hydrogens (tertiary/aromatic N) is 1. The number of hydrogen-bond acceptors (Lipinski definition) is 4. The molecule has 4 nitrogen and oxygen atoms in total. The van der Waals surface area contributed by atoms with Gasteiger partial charge in [-0.1, -0.05) is 12.1 Å². The maximum atomic E-state index is 9.18. The number of rotatable bonds is 4. The Bertz CT molecular complexity index is 395. The molecule has 1 aliphatic rings. The fraction of sp³-hybridized carbons (Fsp3) is 0.571. The summed E-state index contributed by atoms with van der Waals surface area (Å²) in [6, 6.07) is 6.54. The third-order valence-corrected chi connectivity index (χ3v) is 3.33. The highest BCUT2D eigenvalue weighted by atomic mass is 16.5. The zero-order valence-corrected chi connectivity index (χ0v) is 11.1. The van der Waals surface area contributed by atoms with Gasteiger partial charge >= 0.3 is 0 Å². The molecule has 2 rings (SSSR count). The molecule has 0 radical (unpaired) electrons. The summed E-state index contributed by atoms with van der Waals surface area (Å²) in [7, 11) is 1.96. The molecule has 0 aromatic heterocycles. The maximum Gasteiger partial charge on any atom is 0.0980 e. The molecule has 1 unspecified atom stereocenters. The highest BCUT2D eigenvalue weighted by Crippen LogP contribution is 2.23. The van der Waals surface area contributed by atoms with Crippen LogP contribution in [0, 0.1) is 6.92 Å². The first-order valence-corrected chi connectivity index (χ1v) is 6.46. The number of ether oxygens (including phenoxy) is 1. The van der Waals surface area contributed by atoms with Gasteiger partial charge in [-0.05, 0) is 31.2 Å². The lowest BCUT2D eigenvalue weighted by molar-refractivity contribution is 0.00354. The molecule has 1 fully saturated rings. The van der Waals surface area contributed by atoms with Gasteiger partial charge in [0.1, 0.15) is 0 Å². The van der Waals surface area contributed by atoms with E-state index in [2.05, 4.69) is 35.3 Å². The van der Waals surface area contributed by atoms with Crippen LogP contribution < -0.4 is 10.2 Å². The lowest BCUT2D eigenvalue weighted by Crippen LogP contribution is -2.44. The van der Waals surface area contributed by atoms with Crippen molar-refractivity contribution < 1.29 is 9.84 Å². The Morgan fingerprint density at radius 2 is 2.33 bits per heavy atom. The van der Waals surface area contributed by atoms with Gasteiger partial charge in [-0.3, -0.25) is 0 Å². The topological polar surface area (TPSA) is 44.7 Å². The van der Waals surface area contributed by atoms with Crippen LogP contribution >= 0.6 is 0 Å². The Kier molecular flexibility index (Phi) is 4.58. The van der Waals surface area contributed by atoms with Crippen molar-refractivity contribution in [2.45, 2.75) is 19.6 Å². The van der Waals surface area contributed by atoms with E-state index in [0.29, 0.717) is 6.61 Å². The van der Waals surface area contributed by atoms with E-state index in [-0.39, 0.29) is 12.7 Å². The van der Waals surface area contributed by atoms with Crippen LogP contribution in [0.15, 0.2) is 18.2 Å². The standard InChI is InChI=1S/C14H22N2O2/c1-11-7-12(8-15-2)3-4-14(11)16-5-6-18-13(9-16)10-17/h3-4,7,13,15,17H,5-6,8-10H2,1-2H3. The third kappa shape index (κ3) is 3.02. The second-order valence-electron chi connectivity index (χ2n) is 4.77. The molecular formula is C14H22N2O2. The molecule has 1 atom stereocenters. The van der Waals surface area contributed by atoms with Crippen LogP contribution in [0.2, 0.25) is 0 Å². The van der Waals surface area contributed by atoms with E-state index < -0.39 is 0 Å². The van der Waals surface area contributed by atoms with Gasteiger partial charge in [0.15, 0.2) is 0 Å². The lowest BCUT2D eigenvalue weighted by Gasteiger charge is -2.34. The highest BCUT2D eigenvalue weighted by molar-refractivity contribution is 5.54. The minimum Gasteiger partial charge on any atom is -0.394 e. The van der Waals surface area contributed by atoms with Crippen molar-refractivity contribution in [3.05, 3.63) is 29.3 Å². The third-order valence-electron chi connectivity index (χ3n) is 3.33. The van der Waals surface area contributed by atoms with Crippen LogP contribution in [-0.2, 0) is 11.3 Å². The van der Waals surface area contributed by atoms with Crippen molar-refractivity contribution in [3.63, 3.8) is 0 Å². The van der Waals surface area contributed by atoms with E-state index in [1.165, 1.54) is 16.8 Å². The molecule has 0 amide bonds. The molecule has 0 aliphatic carbocycles. The number of aliphatic hydroxyl groups is 1. The summed E-state index contributed by atoms with van der Waals surface area (Å²) in [5, 5.41) is 12.3. The Morgan fingerprint density at radius 3 is 3.00 bits per heavy atom. The zero-order chi connectivity index (χ0) is 13.0. The molecule has 0 spiro atoms. The van der Waals surface area contributed by atoms with Gasteiger partial charge in [0.25, 0.3) is 0 Å². The molecule has 100 valence electrons. The number of benzene rings is 1. The Labute approximate surface area is 109 Å². The van der Waals surface area contributed by atoms with Gasteiger partial charge in [0.2, 0.25) is 0 Å². The fourth-order valence-corrected chi connectivity index (χ4v) is 2.44. The average Bonchev–Trinajstić information content (AvgIpc) is 2.39. The SMILES string of the molecule is CNCc1ccc(N2CCOC(CO)C2)c(C)c1. The molecule has 1 aromatic rings.